The number of hydrogen-bond donors (Lipinski definition) is 1. The monoisotopic (exact) mass is 441 g/mol. The van der Waals surface area contributed by atoms with Crippen LogP contribution in [-0.4, -0.2) is 16.8 Å². The average Bonchev–Trinajstić information content (AvgIpc) is 3.01. The number of amides is 1. The lowest BCUT2D eigenvalue weighted by Gasteiger charge is -2.25. The Balaban J connectivity index is 1.95. The molecule has 0 radical (unpaired) electrons. The number of anilines is 1. The first-order valence-electron chi connectivity index (χ1n) is 8.95. The van der Waals surface area contributed by atoms with Gasteiger partial charge in [0.25, 0.3) is 11.7 Å². The quantitative estimate of drug-likeness (QED) is 0.319. The van der Waals surface area contributed by atoms with E-state index >= 15 is 0 Å². The van der Waals surface area contributed by atoms with Gasteiger partial charge < -0.3 is 5.11 Å². The van der Waals surface area contributed by atoms with Crippen molar-refractivity contribution in [1.29, 1.82) is 0 Å². The number of Topliss-reactive ketones (excluding diaryl/α,β-unsaturated/α-hetero) is 1. The van der Waals surface area contributed by atoms with Gasteiger partial charge in [-0.15, -0.1) is 0 Å². The SMILES string of the molecule is O=C1C(=O)N(c2cccc(F)c2)C(c2ccccc2)/C1=C(\O)c1ccc(Cl)c(Cl)c1. The molecule has 1 N–H and O–H groups in total. The van der Waals surface area contributed by atoms with Gasteiger partial charge in [0, 0.05) is 11.3 Å². The Kier molecular flexibility index (Phi) is 5.33. The molecular weight excluding hydrogens is 428 g/mol. The molecule has 0 aliphatic carbocycles. The van der Waals surface area contributed by atoms with E-state index in [-0.39, 0.29) is 32.6 Å². The van der Waals surface area contributed by atoms with Gasteiger partial charge in [-0.1, -0.05) is 59.6 Å². The van der Waals surface area contributed by atoms with Gasteiger partial charge in [0.05, 0.1) is 21.7 Å². The standard InChI is InChI=1S/C23H14Cl2FNO3/c24-17-10-9-14(11-18(17)25)21(28)19-20(13-5-2-1-3-6-13)27(23(30)22(19)29)16-8-4-7-15(26)12-16/h1-12,20,28H/b21-19+. The first-order chi connectivity index (χ1) is 14.4. The fraction of sp³-hybridized carbons (Fsp3) is 0.0435. The van der Waals surface area contributed by atoms with Crippen molar-refractivity contribution in [3.05, 3.63) is 105 Å². The highest BCUT2D eigenvalue weighted by atomic mass is 35.5. The largest absolute Gasteiger partial charge is 0.507 e. The molecule has 1 fully saturated rings. The molecular formula is C23H14Cl2FNO3. The van der Waals surface area contributed by atoms with Crippen LogP contribution >= 0.6 is 23.2 Å². The van der Waals surface area contributed by atoms with Crippen LogP contribution in [0.3, 0.4) is 0 Å². The predicted molar refractivity (Wildman–Crippen MR) is 114 cm³/mol. The topological polar surface area (TPSA) is 57.6 Å². The first-order valence-corrected chi connectivity index (χ1v) is 9.71. The lowest BCUT2D eigenvalue weighted by atomic mass is 9.95. The number of carbonyl (C=O) groups excluding carboxylic acids is 2. The van der Waals surface area contributed by atoms with Crippen LogP contribution in [0.25, 0.3) is 5.76 Å². The van der Waals surface area contributed by atoms with Crippen molar-refractivity contribution in [2.75, 3.05) is 4.90 Å². The van der Waals surface area contributed by atoms with Crippen LogP contribution in [0, 0.1) is 5.82 Å². The van der Waals surface area contributed by atoms with Crippen molar-refractivity contribution in [1.82, 2.24) is 0 Å². The molecule has 0 saturated carbocycles. The molecule has 1 amide bonds. The minimum atomic E-state index is -0.942. The number of rotatable bonds is 3. The van der Waals surface area contributed by atoms with Crippen LogP contribution in [-0.2, 0) is 9.59 Å². The molecule has 7 heteroatoms. The number of carbonyl (C=O) groups is 2. The van der Waals surface area contributed by atoms with E-state index in [0.29, 0.717) is 5.56 Å². The number of halogens is 3. The number of nitrogens with zero attached hydrogens (tertiary/aromatic N) is 1. The maximum atomic E-state index is 13.9. The number of benzene rings is 3. The number of aliphatic hydroxyl groups is 1. The summed E-state index contributed by atoms with van der Waals surface area (Å²) in [6, 6.07) is 17.6. The third-order valence-electron chi connectivity index (χ3n) is 4.84. The fourth-order valence-corrected chi connectivity index (χ4v) is 3.77. The lowest BCUT2D eigenvalue weighted by Crippen LogP contribution is -2.29. The van der Waals surface area contributed by atoms with E-state index < -0.39 is 23.5 Å². The third-order valence-corrected chi connectivity index (χ3v) is 5.58. The zero-order chi connectivity index (χ0) is 21.4. The van der Waals surface area contributed by atoms with Crippen LogP contribution in [0.15, 0.2) is 78.4 Å². The molecule has 30 heavy (non-hydrogen) atoms. The molecule has 4 rings (SSSR count). The maximum Gasteiger partial charge on any atom is 0.300 e. The van der Waals surface area contributed by atoms with Crippen LogP contribution in [0.2, 0.25) is 10.0 Å². The summed E-state index contributed by atoms with van der Waals surface area (Å²) in [5.74, 6) is -2.68. The Morgan fingerprint density at radius 1 is 0.900 bits per heavy atom. The Labute approximate surface area is 181 Å². The minimum absolute atomic E-state index is 0.117. The summed E-state index contributed by atoms with van der Waals surface area (Å²) in [5.41, 5.74) is 0.915. The van der Waals surface area contributed by atoms with Gasteiger partial charge in [-0.05, 0) is 42.0 Å². The summed E-state index contributed by atoms with van der Waals surface area (Å²) in [4.78, 5) is 27.1. The molecule has 1 atom stereocenters. The normalized spacial score (nSPS) is 18.1. The lowest BCUT2D eigenvalue weighted by molar-refractivity contribution is -0.132. The van der Waals surface area contributed by atoms with Gasteiger partial charge in [0.1, 0.15) is 11.6 Å². The summed E-state index contributed by atoms with van der Waals surface area (Å²) in [7, 11) is 0. The second kappa shape index (κ2) is 7.94. The minimum Gasteiger partial charge on any atom is -0.507 e. The Morgan fingerprint density at radius 3 is 2.30 bits per heavy atom. The van der Waals surface area contributed by atoms with Crippen molar-refractivity contribution < 1.29 is 19.1 Å². The molecule has 1 heterocycles. The van der Waals surface area contributed by atoms with Crippen LogP contribution in [0.5, 0.6) is 0 Å². The van der Waals surface area contributed by atoms with Crippen molar-refractivity contribution in [3.8, 4) is 0 Å². The van der Waals surface area contributed by atoms with Gasteiger partial charge in [-0.3, -0.25) is 14.5 Å². The highest BCUT2D eigenvalue weighted by Gasteiger charge is 2.47. The van der Waals surface area contributed by atoms with Gasteiger partial charge >= 0.3 is 0 Å². The number of aliphatic hydroxyl groups excluding tert-OH is 1. The van der Waals surface area contributed by atoms with Gasteiger partial charge in [0.15, 0.2) is 0 Å². The molecule has 1 aliphatic heterocycles. The van der Waals surface area contributed by atoms with E-state index in [1.165, 1.54) is 47.4 Å². The molecule has 3 aromatic carbocycles. The molecule has 4 nitrogen and oxygen atoms in total. The molecule has 1 unspecified atom stereocenters. The highest BCUT2D eigenvalue weighted by molar-refractivity contribution is 6.51. The van der Waals surface area contributed by atoms with Crippen molar-refractivity contribution in [3.63, 3.8) is 0 Å². The number of ketones is 1. The summed E-state index contributed by atoms with van der Waals surface area (Å²) in [6.07, 6.45) is 0. The summed E-state index contributed by atoms with van der Waals surface area (Å²) >= 11 is 12.0. The molecule has 3 aromatic rings. The maximum absolute atomic E-state index is 13.9. The second-order valence-electron chi connectivity index (χ2n) is 6.69. The highest BCUT2D eigenvalue weighted by Crippen LogP contribution is 2.42. The van der Waals surface area contributed by atoms with E-state index in [4.69, 9.17) is 23.2 Å². The Hall–Kier alpha value is -3.15. The van der Waals surface area contributed by atoms with Crippen molar-refractivity contribution in [2.24, 2.45) is 0 Å². The zero-order valence-electron chi connectivity index (χ0n) is 15.4. The van der Waals surface area contributed by atoms with Gasteiger partial charge in [0.2, 0.25) is 0 Å². The van der Waals surface area contributed by atoms with Crippen LogP contribution < -0.4 is 4.90 Å². The van der Waals surface area contributed by atoms with Crippen LogP contribution in [0.4, 0.5) is 10.1 Å². The molecule has 0 aromatic heterocycles. The van der Waals surface area contributed by atoms with E-state index in [9.17, 15) is 19.1 Å². The number of hydrogen-bond acceptors (Lipinski definition) is 3. The fourth-order valence-electron chi connectivity index (χ4n) is 3.47. The summed E-state index contributed by atoms with van der Waals surface area (Å²) in [5, 5.41) is 11.5. The average molecular weight is 442 g/mol. The van der Waals surface area contributed by atoms with Crippen molar-refractivity contribution in [2.45, 2.75) is 6.04 Å². The molecule has 0 bridgehead atoms. The van der Waals surface area contributed by atoms with Gasteiger partial charge in [-0.2, -0.15) is 0 Å². The summed E-state index contributed by atoms with van der Waals surface area (Å²) in [6.45, 7) is 0. The van der Waals surface area contributed by atoms with E-state index in [0.717, 1.165) is 0 Å². The van der Waals surface area contributed by atoms with E-state index in [1.54, 1.807) is 30.3 Å². The van der Waals surface area contributed by atoms with E-state index in [1.807, 2.05) is 0 Å². The smallest absolute Gasteiger partial charge is 0.300 e. The Bertz CT molecular complexity index is 1190. The molecule has 1 aliphatic rings. The Morgan fingerprint density at radius 2 is 1.63 bits per heavy atom. The van der Waals surface area contributed by atoms with Gasteiger partial charge in [-0.25, -0.2) is 4.39 Å². The summed E-state index contributed by atoms with van der Waals surface area (Å²) < 4.78 is 13.9. The predicted octanol–water partition coefficient (Wildman–Crippen LogP) is 5.76. The van der Waals surface area contributed by atoms with E-state index in [2.05, 4.69) is 0 Å². The molecule has 0 spiro atoms. The first kappa shape index (κ1) is 20.1. The second-order valence-corrected chi connectivity index (χ2v) is 7.50. The molecule has 150 valence electrons. The van der Waals surface area contributed by atoms with Crippen molar-refractivity contribution >= 4 is 46.3 Å². The third kappa shape index (κ3) is 3.47. The zero-order valence-corrected chi connectivity index (χ0v) is 16.9. The molecule has 1 saturated heterocycles. The van der Waals surface area contributed by atoms with Crippen LogP contribution in [0.1, 0.15) is 17.2 Å².